The van der Waals surface area contributed by atoms with Crippen LogP contribution < -0.4 is 41.1 Å². The molecule has 0 saturated carbocycles. The van der Waals surface area contributed by atoms with Crippen LogP contribution in [0.5, 0.6) is 11.5 Å². The van der Waals surface area contributed by atoms with Crippen LogP contribution in [-0.2, 0) is 33.7 Å². The maximum absolute atomic E-state index is 10.4. The minimum atomic E-state index is -1.57. The van der Waals surface area contributed by atoms with Gasteiger partial charge in [0.2, 0.25) is 0 Å². The molecule has 0 saturated heterocycles. The zero-order chi connectivity index (χ0) is 14.9. The Morgan fingerprint density at radius 2 is 1.22 bits per heavy atom. The van der Waals surface area contributed by atoms with Gasteiger partial charge in [-0.3, -0.25) is 0 Å². The number of hydrogen-bond donors (Lipinski definition) is 2. The summed E-state index contributed by atoms with van der Waals surface area (Å²) in [6.45, 7) is 0. The Kier molecular flexibility index (Phi) is 11.1. The first kappa shape index (κ1) is 21.4. The van der Waals surface area contributed by atoms with E-state index in [1.54, 1.807) is 48.5 Å². The average molecular weight is 434 g/mol. The van der Waals surface area contributed by atoms with Crippen molar-refractivity contribution in [2.75, 3.05) is 10.6 Å². The quantitative estimate of drug-likeness (QED) is 0.418. The molecule has 0 aliphatic rings. The Hall–Kier alpha value is -1.56. The number of halogens is 2. The molecule has 0 aliphatic carbocycles. The van der Waals surface area contributed by atoms with Crippen LogP contribution in [0, 0.1) is 0 Å². The molecular weight excluding hydrogens is 422 g/mol. The van der Waals surface area contributed by atoms with Crippen LogP contribution in [0.15, 0.2) is 48.5 Å². The summed E-state index contributed by atoms with van der Waals surface area (Å²) < 4.78 is 11.2. The van der Waals surface area contributed by atoms with Crippen LogP contribution in [0.4, 0.5) is 11.4 Å². The van der Waals surface area contributed by atoms with Crippen molar-refractivity contribution in [2.24, 2.45) is 0 Å². The van der Waals surface area contributed by atoms with Crippen molar-refractivity contribution in [1.82, 2.24) is 0 Å². The van der Waals surface area contributed by atoms with Crippen LogP contribution in [0.3, 0.4) is 0 Å². The number of amides is 2. The first-order valence-electron chi connectivity index (χ1n) is 6.01. The third-order valence-corrected chi connectivity index (χ3v) is 4.01. The predicted octanol–water partition coefficient (Wildman–Crippen LogP) is -3.80. The molecule has 0 heterocycles. The number of carbonyl (C=O) groups is 2. The first-order valence-corrected chi connectivity index (χ1v) is 8.01. The monoisotopic (exact) mass is 432 g/mol. The minimum Gasteiger partial charge on any atom is -1.00 e. The predicted molar refractivity (Wildman–Crippen MR) is 73.5 cm³/mol. The molecule has 0 fully saturated rings. The van der Waals surface area contributed by atoms with Crippen molar-refractivity contribution >= 4 is 24.2 Å². The van der Waals surface area contributed by atoms with Crippen molar-refractivity contribution in [3.63, 3.8) is 0 Å². The van der Waals surface area contributed by atoms with Crippen molar-refractivity contribution in [3.8, 4) is 11.5 Å². The number of anilines is 2. The third-order valence-electron chi connectivity index (χ3n) is 2.44. The van der Waals surface area contributed by atoms with Gasteiger partial charge in [-0.1, -0.05) is 0 Å². The van der Waals surface area contributed by atoms with Gasteiger partial charge in [-0.25, -0.2) is 0 Å². The van der Waals surface area contributed by atoms with Crippen molar-refractivity contribution in [2.45, 2.75) is 0 Å². The van der Waals surface area contributed by atoms with Crippen molar-refractivity contribution in [3.05, 3.63) is 48.5 Å². The summed E-state index contributed by atoms with van der Waals surface area (Å²) in [5.74, 6) is 1.30. The van der Waals surface area contributed by atoms with E-state index in [9.17, 15) is 9.59 Å². The molecule has 2 aromatic rings. The molecule has 23 heavy (non-hydrogen) atoms. The molecule has 0 spiro atoms. The largest absolute Gasteiger partial charge is 1.00 e. The second-order valence-corrected chi connectivity index (χ2v) is 5.28. The maximum atomic E-state index is 10.4. The number of rotatable bonds is 8. The second kappa shape index (κ2) is 11.9. The van der Waals surface area contributed by atoms with Crippen LogP contribution in [0.25, 0.3) is 0 Å². The van der Waals surface area contributed by atoms with Gasteiger partial charge in [-0.2, -0.15) is 0 Å². The summed E-state index contributed by atoms with van der Waals surface area (Å²) in [6.07, 6.45) is 1.22. The van der Waals surface area contributed by atoms with E-state index in [0.29, 0.717) is 35.7 Å². The number of benzene rings is 2. The average Bonchev–Trinajstić information content (AvgIpc) is 2.49. The summed E-state index contributed by atoms with van der Waals surface area (Å²) in [5.41, 5.74) is 1.33. The molecule has 2 aromatic carbocycles. The zero-order valence-electron chi connectivity index (χ0n) is 11.7. The fourth-order valence-corrected chi connectivity index (χ4v) is 2.75. The van der Waals surface area contributed by atoms with Crippen LogP contribution in [0.2, 0.25) is 0 Å². The molecule has 0 radical (unpaired) electrons. The molecule has 2 rings (SSSR count). The van der Waals surface area contributed by atoms with Gasteiger partial charge in [-0.15, -0.1) is 0 Å². The zero-order valence-corrected chi connectivity index (χ0v) is 15.6. The second-order valence-electron chi connectivity index (χ2n) is 3.87. The van der Waals surface area contributed by atoms with Crippen LogP contribution >= 0.6 is 0 Å². The molecule has 0 aliphatic heterocycles. The van der Waals surface area contributed by atoms with Crippen LogP contribution in [0.1, 0.15) is 0 Å². The molecule has 9 heteroatoms. The topological polar surface area (TPSA) is 76.7 Å². The fourth-order valence-electron chi connectivity index (χ4n) is 1.55. The Morgan fingerprint density at radius 1 is 0.783 bits per heavy atom. The van der Waals surface area contributed by atoms with Gasteiger partial charge >= 0.3 is 134 Å². The normalized spacial score (nSPS) is 8.35. The maximum Gasteiger partial charge on any atom is -1.00 e. The summed E-state index contributed by atoms with van der Waals surface area (Å²) in [6, 6.07) is 14.1. The Labute approximate surface area is 158 Å². The summed E-state index contributed by atoms with van der Waals surface area (Å²) in [4.78, 5) is 20.7. The minimum absolute atomic E-state index is 0. The first-order chi connectivity index (χ1) is 10.3. The van der Waals surface area contributed by atoms with Gasteiger partial charge in [0.1, 0.15) is 0 Å². The molecule has 6 nitrogen and oxygen atoms in total. The van der Waals surface area contributed by atoms with E-state index in [-0.39, 0.29) is 24.8 Å². The van der Waals surface area contributed by atoms with E-state index < -0.39 is 24.1 Å². The number of hydrogen-bond acceptors (Lipinski definition) is 4. The number of carbonyl (C=O) groups excluding carboxylic acids is 2. The molecular formula is C14H12Cl2N2O4Zr. The Balaban J connectivity index is 0.00000242. The van der Waals surface area contributed by atoms with Gasteiger partial charge in [0.15, 0.2) is 0 Å². The molecule has 0 bridgehead atoms. The SMILES string of the molecule is O=CNc1cccc([O][Zr+2][O]c2cccc(NC=O)c2)c1.[Cl-].[Cl-]. The van der Waals surface area contributed by atoms with E-state index in [4.69, 9.17) is 5.63 Å². The molecule has 0 unspecified atom stereocenters. The van der Waals surface area contributed by atoms with Gasteiger partial charge < -0.3 is 24.8 Å². The fraction of sp³-hybridized carbons (Fsp3) is 0. The summed E-state index contributed by atoms with van der Waals surface area (Å²) >= 11 is -1.57. The van der Waals surface area contributed by atoms with Gasteiger partial charge in [0.05, 0.1) is 0 Å². The van der Waals surface area contributed by atoms with E-state index in [0.717, 1.165) is 0 Å². The molecule has 120 valence electrons. The van der Waals surface area contributed by atoms with Crippen molar-refractivity contribution < 1.29 is 64.1 Å². The van der Waals surface area contributed by atoms with Crippen LogP contribution in [-0.4, -0.2) is 12.8 Å². The third kappa shape index (κ3) is 7.50. The molecule has 2 N–H and O–H groups in total. The van der Waals surface area contributed by atoms with Gasteiger partial charge in [0.25, 0.3) is 0 Å². The summed E-state index contributed by atoms with van der Waals surface area (Å²) in [5, 5.41) is 5.11. The Bertz CT molecular complexity index is 578. The van der Waals surface area contributed by atoms with E-state index in [1.807, 2.05) is 0 Å². The van der Waals surface area contributed by atoms with E-state index >= 15 is 0 Å². The summed E-state index contributed by atoms with van der Waals surface area (Å²) in [7, 11) is 0. The van der Waals surface area contributed by atoms with Crippen molar-refractivity contribution in [1.29, 1.82) is 0 Å². The molecule has 0 aromatic heterocycles. The van der Waals surface area contributed by atoms with E-state index in [1.165, 1.54) is 0 Å². The molecule has 2 amide bonds. The standard InChI is InChI=1S/2C7H7NO2.2ClH.Zr/c2*9-5-8-6-2-1-3-7(10)4-6;;;/h2*1-5,10H,(H,8,9);2*1H;/q;;;;+4/p-4. The van der Waals surface area contributed by atoms with Gasteiger partial charge in [0, 0.05) is 0 Å². The number of nitrogens with one attached hydrogen (secondary N) is 2. The van der Waals surface area contributed by atoms with Gasteiger partial charge in [-0.05, 0) is 0 Å². The molecule has 0 atom stereocenters. The van der Waals surface area contributed by atoms with E-state index in [2.05, 4.69) is 10.6 Å². The Morgan fingerprint density at radius 3 is 1.61 bits per heavy atom. The smallest absolute Gasteiger partial charge is 1.00 e.